The number of nitrogens with zero attached hydrogens (tertiary/aromatic N) is 1. The van der Waals surface area contributed by atoms with Gasteiger partial charge in [0, 0.05) is 17.8 Å². The minimum absolute atomic E-state index is 0.278. The van der Waals surface area contributed by atoms with E-state index in [-0.39, 0.29) is 5.54 Å². The fourth-order valence-electron chi connectivity index (χ4n) is 1.10. The van der Waals surface area contributed by atoms with Crippen LogP contribution in [0.25, 0.3) is 0 Å². The molecule has 1 aliphatic rings. The van der Waals surface area contributed by atoms with E-state index < -0.39 is 0 Å². The largest absolute Gasteiger partial charge is 0.359 e. The van der Waals surface area contributed by atoms with Crippen LogP contribution in [0.2, 0.25) is 0 Å². The maximum atomic E-state index is 4.53. The van der Waals surface area contributed by atoms with Gasteiger partial charge in [0.05, 0.1) is 0 Å². The van der Waals surface area contributed by atoms with Crippen molar-refractivity contribution in [3.63, 3.8) is 0 Å². The second-order valence-corrected chi connectivity index (χ2v) is 5.33. The maximum Gasteiger partial charge on any atom is 0.157 e. The summed E-state index contributed by atoms with van der Waals surface area (Å²) in [5.74, 6) is 1.81. The number of thioether (sulfide) groups is 1. The average Bonchev–Trinajstić information content (AvgIpc) is 2.45. The first kappa shape index (κ1) is 10.9. The van der Waals surface area contributed by atoms with E-state index in [1.165, 1.54) is 6.42 Å². The highest BCUT2D eigenvalue weighted by molar-refractivity contribution is 8.14. The molecule has 0 aliphatic carbocycles. The molecule has 0 amide bonds. The number of rotatable bonds is 3. The van der Waals surface area contributed by atoms with Crippen LogP contribution >= 0.6 is 11.8 Å². The molecule has 1 fully saturated rings. The van der Waals surface area contributed by atoms with Crippen LogP contribution in [-0.2, 0) is 0 Å². The molecule has 1 N–H and O–H groups in total. The Bertz CT molecular complexity index is 201. The van der Waals surface area contributed by atoms with Crippen molar-refractivity contribution in [2.45, 2.75) is 39.7 Å². The van der Waals surface area contributed by atoms with Gasteiger partial charge in [-0.05, 0) is 19.3 Å². The minimum Gasteiger partial charge on any atom is -0.359 e. The molecular formula is C10H20N2S. The van der Waals surface area contributed by atoms with Crippen LogP contribution in [0.3, 0.4) is 0 Å². The van der Waals surface area contributed by atoms with Crippen molar-refractivity contribution in [3.8, 4) is 0 Å². The standard InChI is InChI=1S/C10H20N2S/c1-5-10(4)7-13-9(12-10)11-6-8(2)3/h8H,5-7H2,1-4H3,(H,11,12). The molecule has 1 unspecified atom stereocenters. The van der Waals surface area contributed by atoms with Gasteiger partial charge < -0.3 is 5.32 Å². The third-order valence-electron chi connectivity index (χ3n) is 2.32. The van der Waals surface area contributed by atoms with Crippen molar-refractivity contribution in [1.82, 2.24) is 5.32 Å². The molecule has 0 aromatic rings. The topological polar surface area (TPSA) is 24.4 Å². The van der Waals surface area contributed by atoms with Crippen LogP contribution in [0.1, 0.15) is 34.1 Å². The second kappa shape index (κ2) is 4.36. The number of nitrogens with one attached hydrogen (secondary N) is 1. The summed E-state index contributed by atoms with van der Waals surface area (Å²) in [6.07, 6.45) is 1.17. The average molecular weight is 200 g/mol. The Hall–Kier alpha value is -0.180. The lowest BCUT2D eigenvalue weighted by Gasteiger charge is -2.20. The van der Waals surface area contributed by atoms with Crippen LogP contribution in [0.4, 0.5) is 0 Å². The lowest BCUT2D eigenvalue weighted by atomic mass is 10.0. The Morgan fingerprint density at radius 1 is 1.62 bits per heavy atom. The predicted molar refractivity (Wildman–Crippen MR) is 61.4 cm³/mol. The van der Waals surface area contributed by atoms with Gasteiger partial charge in [-0.15, -0.1) is 0 Å². The molecule has 1 atom stereocenters. The number of amidine groups is 1. The van der Waals surface area contributed by atoms with E-state index in [1.54, 1.807) is 0 Å². The smallest absolute Gasteiger partial charge is 0.157 e. The first-order valence-corrected chi connectivity index (χ1v) is 6.00. The van der Waals surface area contributed by atoms with Crippen molar-refractivity contribution in [1.29, 1.82) is 0 Å². The van der Waals surface area contributed by atoms with Gasteiger partial charge in [0.25, 0.3) is 0 Å². The van der Waals surface area contributed by atoms with Crippen LogP contribution in [0.5, 0.6) is 0 Å². The summed E-state index contributed by atoms with van der Waals surface area (Å²) in [6, 6.07) is 0. The van der Waals surface area contributed by atoms with E-state index in [0.717, 1.165) is 17.5 Å². The second-order valence-electron chi connectivity index (χ2n) is 4.37. The van der Waals surface area contributed by atoms with E-state index in [1.807, 2.05) is 11.8 Å². The Morgan fingerprint density at radius 3 is 2.77 bits per heavy atom. The van der Waals surface area contributed by atoms with Gasteiger partial charge in [0.1, 0.15) is 0 Å². The monoisotopic (exact) mass is 200 g/mol. The highest BCUT2D eigenvalue weighted by atomic mass is 32.2. The van der Waals surface area contributed by atoms with E-state index in [2.05, 4.69) is 38.0 Å². The van der Waals surface area contributed by atoms with Gasteiger partial charge in [-0.2, -0.15) is 0 Å². The minimum atomic E-state index is 0.278. The molecule has 0 spiro atoms. The molecule has 3 heteroatoms. The summed E-state index contributed by atoms with van der Waals surface area (Å²) in [7, 11) is 0. The van der Waals surface area contributed by atoms with Gasteiger partial charge in [-0.1, -0.05) is 32.5 Å². The van der Waals surface area contributed by atoms with Crippen molar-refractivity contribution < 1.29 is 0 Å². The number of hydrogen-bond donors (Lipinski definition) is 1. The highest BCUT2D eigenvalue weighted by Gasteiger charge is 2.30. The number of aliphatic imine (C=N–C) groups is 1. The van der Waals surface area contributed by atoms with Crippen molar-refractivity contribution >= 4 is 16.9 Å². The zero-order valence-corrected chi connectivity index (χ0v) is 9.87. The Balaban J connectivity index is 2.44. The lowest BCUT2D eigenvalue weighted by molar-refractivity contribution is 0.466. The van der Waals surface area contributed by atoms with Crippen LogP contribution in [-0.4, -0.2) is 23.0 Å². The molecule has 0 radical (unpaired) electrons. The van der Waals surface area contributed by atoms with E-state index in [4.69, 9.17) is 0 Å². The third kappa shape index (κ3) is 3.22. The van der Waals surface area contributed by atoms with E-state index in [9.17, 15) is 0 Å². The summed E-state index contributed by atoms with van der Waals surface area (Å²) in [4.78, 5) is 4.53. The molecule has 2 nitrogen and oxygen atoms in total. The van der Waals surface area contributed by atoms with Gasteiger partial charge in [0.2, 0.25) is 0 Å². The molecule has 1 heterocycles. The van der Waals surface area contributed by atoms with Crippen molar-refractivity contribution in [2.75, 3.05) is 12.3 Å². The van der Waals surface area contributed by atoms with Gasteiger partial charge in [-0.25, -0.2) is 0 Å². The normalized spacial score (nSPS) is 31.3. The summed E-state index contributed by atoms with van der Waals surface area (Å²) < 4.78 is 0. The van der Waals surface area contributed by atoms with Gasteiger partial charge in [-0.3, -0.25) is 4.99 Å². The Kier molecular flexibility index (Phi) is 3.65. The zero-order valence-electron chi connectivity index (χ0n) is 9.05. The molecule has 76 valence electrons. The molecule has 1 saturated heterocycles. The van der Waals surface area contributed by atoms with Gasteiger partial charge >= 0.3 is 0 Å². The molecule has 0 bridgehead atoms. The highest BCUT2D eigenvalue weighted by Crippen LogP contribution is 2.25. The molecule has 0 aromatic carbocycles. The van der Waals surface area contributed by atoms with E-state index >= 15 is 0 Å². The molecule has 13 heavy (non-hydrogen) atoms. The maximum absolute atomic E-state index is 4.53. The Morgan fingerprint density at radius 2 is 2.31 bits per heavy atom. The summed E-state index contributed by atoms with van der Waals surface area (Å²) in [5.41, 5.74) is 0.278. The summed E-state index contributed by atoms with van der Waals surface area (Å²) in [6.45, 7) is 9.82. The van der Waals surface area contributed by atoms with Crippen LogP contribution in [0, 0.1) is 5.92 Å². The van der Waals surface area contributed by atoms with Crippen LogP contribution in [0.15, 0.2) is 4.99 Å². The fraction of sp³-hybridized carbons (Fsp3) is 0.900. The molecular weight excluding hydrogens is 180 g/mol. The lowest BCUT2D eigenvalue weighted by Crippen LogP contribution is -2.39. The fourth-order valence-corrected chi connectivity index (χ4v) is 2.32. The molecule has 1 rings (SSSR count). The molecule has 0 saturated carbocycles. The molecule has 1 aliphatic heterocycles. The third-order valence-corrected chi connectivity index (χ3v) is 3.60. The summed E-state index contributed by atoms with van der Waals surface area (Å²) in [5, 5.41) is 4.62. The number of hydrogen-bond acceptors (Lipinski definition) is 2. The molecule has 0 aromatic heterocycles. The SMILES string of the molecule is CCC1(C)CSC(=NCC(C)C)N1. The predicted octanol–water partition coefficient (Wildman–Crippen LogP) is 2.50. The van der Waals surface area contributed by atoms with Crippen LogP contribution < -0.4 is 5.32 Å². The van der Waals surface area contributed by atoms with Crippen molar-refractivity contribution in [2.24, 2.45) is 10.9 Å². The summed E-state index contributed by atoms with van der Waals surface area (Å²) >= 11 is 1.85. The first-order valence-electron chi connectivity index (χ1n) is 5.01. The quantitative estimate of drug-likeness (QED) is 0.757. The van der Waals surface area contributed by atoms with Gasteiger partial charge in [0.15, 0.2) is 5.17 Å². The Labute approximate surface area is 85.6 Å². The zero-order chi connectivity index (χ0) is 9.90. The first-order chi connectivity index (χ1) is 6.06. The van der Waals surface area contributed by atoms with Crippen molar-refractivity contribution in [3.05, 3.63) is 0 Å². The van der Waals surface area contributed by atoms with E-state index in [0.29, 0.717) is 5.92 Å².